The molecule has 0 heterocycles. The summed E-state index contributed by atoms with van der Waals surface area (Å²) in [5, 5.41) is 5.18. The molecule has 0 fully saturated rings. The molecule has 0 atom stereocenters. The molecular formula is C16H25N3O4S. The summed E-state index contributed by atoms with van der Waals surface area (Å²) in [5.41, 5.74) is 0.516. The number of benzene rings is 1. The maximum Gasteiger partial charge on any atom is 0.328 e. The summed E-state index contributed by atoms with van der Waals surface area (Å²) in [6, 6.07) is 4.93. The van der Waals surface area contributed by atoms with Gasteiger partial charge in [-0.15, -0.1) is 0 Å². The van der Waals surface area contributed by atoms with E-state index in [1.165, 1.54) is 24.3 Å². The number of hydrogen-bond donors (Lipinski definition) is 3. The predicted molar refractivity (Wildman–Crippen MR) is 93.2 cm³/mol. The third-order valence-corrected chi connectivity index (χ3v) is 4.60. The number of nitrogens with one attached hydrogen (secondary N) is 3. The fraction of sp³-hybridized carbons (Fsp3) is 0.500. The zero-order chi connectivity index (χ0) is 18.0. The Balaban J connectivity index is 2.63. The van der Waals surface area contributed by atoms with Gasteiger partial charge in [-0.3, -0.25) is 4.79 Å². The third-order valence-electron chi connectivity index (χ3n) is 3.25. The van der Waals surface area contributed by atoms with Crippen LogP contribution in [0.2, 0.25) is 0 Å². The lowest BCUT2D eigenvalue weighted by Crippen LogP contribution is -2.39. The Bertz CT molecular complexity index is 642. The first kappa shape index (κ1) is 20.0. The SMILES string of the molecule is CCCCNC(=O)NS(=O)(=O)c1ccc(NC(=O)CCCC)cc1. The van der Waals surface area contributed by atoms with Crippen LogP contribution in [0.4, 0.5) is 10.5 Å². The second kappa shape index (κ2) is 9.92. The van der Waals surface area contributed by atoms with Gasteiger partial charge in [-0.05, 0) is 37.1 Å². The molecule has 0 saturated carbocycles. The first-order valence-electron chi connectivity index (χ1n) is 8.09. The summed E-state index contributed by atoms with van der Waals surface area (Å²) in [5.74, 6) is -0.110. The standard InChI is InChI=1S/C16H25N3O4S/c1-3-5-7-15(20)18-13-8-10-14(11-9-13)24(22,23)19-16(21)17-12-6-4-2/h8-11H,3-7,12H2,1-2H3,(H,18,20)(H2,17,19,21). The van der Waals surface area contributed by atoms with E-state index in [9.17, 15) is 18.0 Å². The van der Waals surface area contributed by atoms with E-state index in [2.05, 4.69) is 10.6 Å². The van der Waals surface area contributed by atoms with Crippen molar-refractivity contribution < 1.29 is 18.0 Å². The Labute approximate surface area is 143 Å². The van der Waals surface area contributed by atoms with E-state index in [0.29, 0.717) is 18.7 Å². The number of unbranched alkanes of at least 4 members (excludes halogenated alkanes) is 2. The highest BCUT2D eigenvalue weighted by Crippen LogP contribution is 2.14. The lowest BCUT2D eigenvalue weighted by atomic mass is 10.2. The summed E-state index contributed by atoms with van der Waals surface area (Å²) in [6.07, 6.45) is 3.83. The van der Waals surface area contributed by atoms with Gasteiger partial charge in [-0.1, -0.05) is 26.7 Å². The fourth-order valence-corrected chi connectivity index (χ4v) is 2.80. The van der Waals surface area contributed by atoms with Gasteiger partial charge in [0.05, 0.1) is 4.90 Å². The molecule has 8 heteroatoms. The van der Waals surface area contributed by atoms with Crippen molar-refractivity contribution in [2.45, 2.75) is 50.8 Å². The minimum absolute atomic E-state index is 0.0419. The van der Waals surface area contributed by atoms with Gasteiger partial charge in [-0.25, -0.2) is 17.9 Å². The summed E-state index contributed by atoms with van der Waals surface area (Å²) in [4.78, 5) is 23.1. The van der Waals surface area contributed by atoms with Gasteiger partial charge in [0.1, 0.15) is 0 Å². The normalized spacial score (nSPS) is 10.9. The topological polar surface area (TPSA) is 104 Å². The van der Waals surface area contributed by atoms with Crippen molar-refractivity contribution in [3.8, 4) is 0 Å². The number of rotatable bonds is 9. The van der Waals surface area contributed by atoms with Crippen molar-refractivity contribution in [3.63, 3.8) is 0 Å². The number of sulfonamides is 1. The molecule has 0 aliphatic rings. The smallest absolute Gasteiger partial charge is 0.328 e. The molecule has 0 aromatic heterocycles. The molecule has 0 aliphatic heterocycles. The number of anilines is 1. The molecule has 24 heavy (non-hydrogen) atoms. The molecular weight excluding hydrogens is 330 g/mol. The molecule has 3 amide bonds. The van der Waals surface area contributed by atoms with Gasteiger partial charge in [-0.2, -0.15) is 0 Å². The molecule has 0 bridgehead atoms. The van der Waals surface area contributed by atoms with Crippen LogP contribution in [0, 0.1) is 0 Å². The minimum atomic E-state index is -3.93. The van der Waals surface area contributed by atoms with E-state index in [0.717, 1.165) is 25.7 Å². The van der Waals surface area contributed by atoms with E-state index in [1.807, 2.05) is 18.6 Å². The van der Waals surface area contributed by atoms with Gasteiger partial charge >= 0.3 is 6.03 Å². The Morgan fingerprint density at radius 3 is 2.21 bits per heavy atom. The third kappa shape index (κ3) is 6.99. The number of carbonyl (C=O) groups excluding carboxylic acids is 2. The molecule has 0 radical (unpaired) electrons. The van der Waals surface area contributed by atoms with Crippen LogP contribution in [0.5, 0.6) is 0 Å². The Hall–Kier alpha value is -2.09. The first-order chi connectivity index (χ1) is 11.4. The Morgan fingerprint density at radius 1 is 1.00 bits per heavy atom. The number of hydrogen-bond acceptors (Lipinski definition) is 4. The average molecular weight is 355 g/mol. The summed E-state index contributed by atoms with van der Waals surface area (Å²) < 4.78 is 26.1. The highest BCUT2D eigenvalue weighted by atomic mass is 32.2. The lowest BCUT2D eigenvalue weighted by molar-refractivity contribution is -0.116. The molecule has 0 unspecified atom stereocenters. The van der Waals surface area contributed by atoms with Crippen molar-refractivity contribution in [2.24, 2.45) is 0 Å². The fourth-order valence-electron chi connectivity index (χ4n) is 1.87. The van der Waals surface area contributed by atoms with Gasteiger partial charge in [0, 0.05) is 18.7 Å². The first-order valence-corrected chi connectivity index (χ1v) is 9.58. The Kier molecular flexibility index (Phi) is 8.25. The summed E-state index contributed by atoms with van der Waals surface area (Å²) in [7, 11) is -3.93. The van der Waals surface area contributed by atoms with Crippen LogP contribution in [0.1, 0.15) is 46.0 Å². The van der Waals surface area contributed by atoms with Crippen LogP contribution in [-0.2, 0) is 14.8 Å². The second-order valence-corrected chi connectivity index (χ2v) is 7.07. The molecule has 1 aromatic rings. The number of urea groups is 1. The van der Waals surface area contributed by atoms with Crippen molar-refractivity contribution in [1.29, 1.82) is 0 Å². The van der Waals surface area contributed by atoms with Crippen LogP contribution >= 0.6 is 0 Å². The summed E-state index contributed by atoms with van der Waals surface area (Å²) >= 11 is 0. The van der Waals surface area contributed by atoms with E-state index in [4.69, 9.17) is 0 Å². The molecule has 0 spiro atoms. The predicted octanol–water partition coefficient (Wildman–Crippen LogP) is 2.60. The van der Waals surface area contributed by atoms with E-state index < -0.39 is 16.1 Å². The van der Waals surface area contributed by atoms with Gasteiger partial charge in [0.15, 0.2) is 0 Å². The quantitative estimate of drug-likeness (QED) is 0.592. The van der Waals surface area contributed by atoms with E-state index in [-0.39, 0.29) is 10.8 Å². The maximum atomic E-state index is 12.1. The molecule has 0 aliphatic carbocycles. The van der Waals surface area contributed by atoms with Crippen molar-refractivity contribution in [3.05, 3.63) is 24.3 Å². The van der Waals surface area contributed by atoms with Gasteiger partial charge < -0.3 is 10.6 Å². The maximum absolute atomic E-state index is 12.1. The molecule has 7 nitrogen and oxygen atoms in total. The van der Waals surface area contributed by atoms with Gasteiger partial charge in [0.25, 0.3) is 10.0 Å². The molecule has 134 valence electrons. The number of carbonyl (C=O) groups is 2. The Morgan fingerprint density at radius 2 is 1.62 bits per heavy atom. The molecule has 3 N–H and O–H groups in total. The van der Waals surface area contributed by atoms with Gasteiger partial charge in [0.2, 0.25) is 5.91 Å². The van der Waals surface area contributed by atoms with Crippen LogP contribution in [0.15, 0.2) is 29.2 Å². The highest BCUT2D eigenvalue weighted by Gasteiger charge is 2.17. The molecule has 1 aromatic carbocycles. The zero-order valence-electron chi connectivity index (χ0n) is 14.1. The van der Waals surface area contributed by atoms with E-state index in [1.54, 1.807) is 0 Å². The lowest BCUT2D eigenvalue weighted by Gasteiger charge is -2.09. The zero-order valence-corrected chi connectivity index (χ0v) is 14.9. The van der Waals surface area contributed by atoms with Crippen molar-refractivity contribution >= 4 is 27.6 Å². The molecule has 1 rings (SSSR count). The van der Waals surface area contributed by atoms with Crippen LogP contribution < -0.4 is 15.4 Å². The number of amides is 3. The average Bonchev–Trinajstić information content (AvgIpc) is 2.53. The highest BCUT2D eigenvalue weighted by molar-refractivity contribution is 7.90. The molecule has 0 saturated heterocycles. The monoisotopic (exact) mass is 355 g/mol. The summed E-state index contributed by atoms with van der Waals surface area (Å²) in [6.45, 7) is 4.39. The minimum Gasteiger partial charge on any atom is -0.337 e. The van der Waals surface area contributed by atoms with E-state index >= 15 is 0 Å². The van der Waals surface area contributed by atoms with Crippen LogP contribution in [0.25, 0.3) is 0 Å². The largest absolute Gasteiger partial charge is 0.337 e. The van der Waals surface area contributed by atoms with Crippen LogP contribution in [-0.4, -0.2) is 26.9 Å². The second-order valence-electron chi connectivity index (χ2n) is 5.39. The van der Waals surface area contributed by atoms with Crippen LogP contribution in [0.3, 0.4) is 0 Å². The van der Waals surface area contributed by atoms with Crippen molar-refractivity contribution in [2.75, 3.05) is 11.9 Å². The van der Waals surface area contributed by atoms with Crippen molar-refractivity contribution in [1.82, 2.24) is 10.0 Å².